The van der Waals surface area contributed by atoms with Crippen molar-refractivity contribution in [3.8, 4) is 6.07 Å². The minimum absolute atomic E-state index is 0.202. The van der Waals surface area contributed by atoms with Crippen molar-refractivity contribution in [2.45, 2.75) is 23.6 Å². The number of nitrogens with zero attached hydrogens (tertiary/aromatic N) is 1. The molecule has 18 heavy (non-hydrogen) atoms. The molecule has 1 N–H and O–H groups in total. The second kappa shape index (κ2) is 3.56. The van der Waals surface area contributed by atoms with Gasteiger partial charge in [0.05, 0.1) is 16.4 Å². The number of sulfone groups is 1. The molecule has 3 unspecified atom stereocenters. The van der Waals surface area contributed by atoms with E-state index in [2.05, 4.69) is 11.4 Å². The summed E-state index contributed by atoms with van der Waals surface area (Å²) in [5.74, 6) is 0.202. The van der Waals surface area contributed by atoms with Crippen LogP contribution in [-0.2, 0) is 9.84 Å². The molecule has 5 heteroatoms. The summed E-state index contributed by atoms with van der Waals surface area (Å²) in [6.45, 7) is 2.54. The van der Waals surface area contributed by atoms with Gasteiger partial charge >= 0.3 is 0 Å². The number of fused-ring (bicyclic) bond motifs is 1. The van der Waals surface area contributed by atoms with E-state index in [1.165, 1.54) is 0 Å². The minimum Gasteiger partial charge on any atom is -0.299 e. The summed E-state index contributed by atoms with van der Waals surface area (Å²) in [4.78, 5) is 0.299. The maximum Gasteiger partial charge on any atom is 0.195 e. The quantitative estimate of drug-likeness (QED) is 0.870. The summed E-state index contributed by atoms with van der Waals surface area (Å²) >= 11 is 0. The summed E-state index contributed by atoms with van der Waals surface area (Å²) in [6.07, 6.45) is 0.701. The van der Waals surface area contributed by atoms with Crippen LogP contribution in [0.3, 0.4) is 0 Å². The molecule has 1 aliphatic heterocycles. The fraction of sp³-hybridized carbons (Fsp3) is 0.462. The van der Waals surface area contributed by atoms with E-state index in [1.807, 2.05) is 6.92 Å². The largest absolute Gasteiger partial charge is 0.299 e. The van der Waals surface area contributed by atoms with Gasteiger partial charge in [0.1, 0.15) is 5.37 Å². The van der Waals surface area contributed by atoms with Crippen molar-refractivity contribution in [3.05, 3.63) is 29.8 Å². The summed E-state index contributed by atoms with van der Waals surface area (Å²) in [5.41, 5.74) is 0.330. The van der Waals surface area contributed by atoms with Gasteiger partial charge in [-0.3, -0.25) is 5.32 Å². The van der Waals surface area contributed by atoms with Crippen LogP contribution in [0.25, 0.3) is 0 Å². The Morgan fingerprint density at radius 3 is 2.61 bits per heavy atom. The molecule has 3 rings (SSSR count). The lowest BCUT2D eigenvalue weighted by molar-refractivity contribution is 0.525. The lowest BCUT2D eigenvalue weighted by Crippen LogP contribution is -2.39. The normalized spacial score (nSPS) is 33.8. The van der Waals surface area contributed by atoms with Crippen molar-refractivity contribution in [2.24, 2.45) is 11.3 Å². The van der Waals surface area contributed by atoms with E-state index in [0.29, 0.717) is 17.9 Å². The molecular formula is C13H14N2O2S. The topological polar surface area (TPSA) is 70.0 Å². The molecule has 1 saturated carbocycles. The van der Waals surface area contributed by atoms with Gasteiger partial charge in [0.2, 0.25) is 0 Å². The molecule has 0 bridgehead atoms. The number of benzene rings is 1. The zero-order chi connectivity index (χ0) is 13.0. The van der Waals surface area contributed by atoms with Gasteiger partial charge in [0.15, 0.2) is 9.84 Å². The Kier molecular flexibility index (Phi) is 2.31. The number of nitriles is 1. The van der Waals surface area contributed by atoms with E-state index < -0.39 is 20.6 Å². The Balaban J connectivity index is 2.01. The van der Waals surface area contributed by atoms with Gasteiger partial charge in [-0.1, -0.05) is 17.7 Å². The van der Waals surface area contributed by atoms with E-state index >= 15 is 0 Å². The zero-order valence-corrected chi connectivity index (χ0v) is 10.9. The molecular weight excluding hydrogens is 248 g/mol. The fourth-order valence-electron chi connectivity index (χ4n) is 2.80. The first-order valence-corrected chi connectivity index (χ1v) is 7.50. The lowest BCUT2D eigenvalue weighted by atomic mass is 10.1. The average molecular weight is 262 g/mol. The molecule has 94 valence electrons. The molecule has 1 saturated heterocycles. The van der Waals surface area contributed by atoms with Crippen LogP contribution in [0.2, 0.25) is 0 Å². The summed E-state index contributed by atoms with van der Waals surface area (Å²) in [5, 5.41) is 11.5. The minimum atomic E-state index is -3.47. The van der Waals surface area contributed by atoms with Crippen LogP contribution in [0, 0.1) is 29.6 Å². The first-order chi connectivity index (χ1) is 8.50. The van der Waals surface area contributed by atoms with Crippen LogP contribution in [-0.4, -0.2) is 20.3 Å². The Labute approximate surface area is 107 Å². The molecule has 0 aromatic heterocycles. The lowest BCUT2D eigenvalue weighted by Gasteiger charge is -2.18. The SMILES string of the molecule is Cc1ccc(S(=O)(=O)C2NCC3CC32C#N)cc1. The van der Waals surface area contributed by atoms with E-state index in [9.17, 15) is 13.7 Å². The first-order valence-electron chi connectivity index (χ1n) is 5.96. The van der Waals surface area contributed by atoms with Gasteiger partial charge in [-0.25, -0.2) is 8.42 Å². The zero-order valence-electron chi connectivity index (χ0n) is 10.1. The molecule has 0 radical (unpaired) electrons. The highest BCUT2D eigenvalue weighted by Gasteiger charge is 2.67. The molecule has 0 spiro atoms. The number of hydrogen-bond acceptors (Lipinski definition) is 4. The fourth-order valence-corrected chi connectivity index (χ4v) is 4.80. The Bertz CT molecular complexity index is 630. The summed E-state index contributed by atoms with van der Waals surface area (Å²) in [7, 11) is -3.47. The molecule has 2 aliphatic rings. The van der Waals surface area contributed by atoms with Gasteiger partial charge in [-0.15, -0.1) is 0 Å². The average Bonchev–Trinajstić information content (AvgIpc) is 2.95. The Hall–Kier alpha value is -1.38. The summed E-state index contributed by atoms with van der Waals surface area (Å²) in [6, 6.07) is 9.01. The molecule has 2 fully saturated rings. The third-order valence-corrected chi connectivity index (χ3v) is 6.18. The molecule has 1 aromatic carbocycles. The van der Waals surface area contributed by atoms with Gasteiger partial charge < -0.3 is 0 Å². The third kappa shape index (κ3) is 1.43. The number of piperidine rings is 1. The van der Waals surface area contributed by atoms with Crippen molar-refractivity contribution in [2.75, 3.05) is 6.54 Å². The maximum absolute atomic E-state index is 12.5. The Morgan fingerprint density at radius 1 is 1.39 bits per heavy atom. The Morgan fingerprint density at radius 2 is 2.06 bits per heavy atom. The predicted molar refractivity (Wildman–Crippen MR) is 66.3 cm³/mol. The number of hydrogen-bond donors (Lipinski definition) is 1. The van der Waals surface area contributed by atoms with Crippen molar-refractivity contribution >= 4 is 9.84 Å². The van der Waals surface area contributed by atoms with Crippen LogP contribution < -0.4 is 5.32 Å². The third-order valence-electron chi connectivity index (χ3n) is 4.04. The smallest absolute Gasteiger partial charge is 0.195 e. The highest BCUT2D eigenvalue weighted by molar-refractivity contribution is 7.92. The van der Waals surface area contributed by atoms with E-state index in [0.717, 1.165) is 5.56 Å². The number of rotatable bonds is 2. The highest BCUT2D eigenvalue weighted by Crippen LogP contribution is 2.59. The van der Waals surface area contributed by atoms with E-state index in [-0.39, 0.29) is 5.92 Å². The van der Waals surface area contributed by atoms with Crippen molar-refractivity contribution < 1.29 is 8.42 Å². The molecule has 0 amide bonds. The first kappa shape index (κ1) is 11.7. The number of aryl methyl sites for hydroxylation is 1. The monoisotopic (exact) mass is 262 g/mol. The second-order valence-electron chi connectivity index (χ2n) is 5.20. The van der Waals surface area contributed by atoms with E-state index in [4.69, 9.17) is 0 Å². The molecule has 1 aliphatic carbocycles. The van der Waals surface area contributed by atoms with Crippen molar-refractivity contribution in [1.29, 1.82) is 5.26 Å². The standard InChI is InChI=1S/C13H14N2O2S/c1-9-2-4-11(5-3-9)18(16,17)12-13(8-14)6-10(13)7-15-12/h2-5,10,12,15H,6-7H2,1H3. The highest BCUT2D eigenvalue weighted by atomic mass is 32.2. The van der Waals surface area contributed by atoms with Gasteiger partial charge in [-0.05, 0) is 31.4 Å². The van der Waals surface area contributed by atoms with Crippen molar-refractivity contribution in [3.63, 3.8) is 0 Å². The van der Waals surface area contributed by atoms with Gasteiger partial charge in [0, 0.05) is 6.54 Å². The van der Waals surface area contributed by atoms with Crippen LogP contribution in [0.5, 0.6) is 0 Å². The molecule has 4 nitrogen and oxygen atoms in total. The van der Waals surface area contributed by atoms with Crippen LogP contribution in [0.4, 0.5) is 0 Å². The van der Waals surface area contributed by atoms with E-state index in [1.54, 1.807) is 24.3 Å². The maximum atomic E-state index is 12.5. The van der Waals surface area contributed by atoms with Crippen molar-refractivity contribution in [1.82, 2.24) is 5.32 Å². The molecule has 3 atom stereocenters. The van der Waals surface area contributed by atoms with Crippen LogP contribution in [0.1, 0.15) is 12.0 Å². The summed E-state index contributed by atoms with van der Waals surface area (Å²) < 4.78 is 25.1. The van der Waals surface area contributed by atoms with Crippen LogP contribution in [0.15, 0.2) is 29.2 Å². The van der Waals surface area contributed by atoms with Gasteiger partial charge in [0.25, 0.3) is 0 Å². The number of nitrogens with one attached hydrogen (secondary N) is 1. The molecule has 1 heterocycles. The van der Waals surface area contributed by atoms with Crippen LogP contribution >= 0.6 is 0 Å². The second-order valence-corrected chi connectivity index (χ2v) is 7.23. The van der Waals surface area contributed by atoms with Gasteiger partial charge in [-0.2, -0.15) is 5.26 Å². The molecule has 1 aromatic rings. The predicted octanol–water partition coefficient (Wildman–Crippen LogP) is 1.23.